The number of rotatable bonds is 2. The number of hydrogen-bond acceptors (Lipinski definition) is 4. The van der Waals surface area contributed by atoms with Crippen molar-refractivity contribution in [1.29, 1.82) is 0 Å². The van der Waals surface area contributed by atoms with Gasteiger partial charge in [-0.1, -0.05) is 17.7 Å². The molecular weight excluding hydrogens is 190 g/mol. The van der Waals surface area contributed by atoms with Crippen LogP contribution in [0.1, 0.15) is 24.4 Å². The van der Waals surface area contributed by atoms with Crippen LogP contribution in [-0.2, 0) is 0 Å². The van der Waals surface area contributed by atoms with E-state index in [2.05, 4.69) is 10.2 Å². The van der Waals surface area contributed by atoms with E-state index in [4.69, 9.17) is 10.2 Å². The molecule has 2 rings (SSSR count). The van der Waals surface area contributed by atoms with Crippen molar-refractivity contribution in [2.24, 2.45) is 5.73 Å². The molecule has 1 unspecified atom stereocenters. The normalized spacial score (nSPS) is 12.7. The molecular formula is C11H13N3O. The van der Waals surface area contributed by atoms with Gasteiger partial charge in [0.2, 0.25) is 11.8 Å². The van der Waals surface area contributed by atoms with Crippen molar-refractivity contribution in [3.8, 4) is 11.5 Å². The quantitative estimate of drug-likeness (QED) is 0.811. The molecule has 15 heavy (non-hydrogen) atoms. The molecule has 0 saturated heterocycles. The predicted molar refractivity (Wildman–Crippen MR) is 57.1 cm³/mol. The third-order valence-electron chi connectivity index (χ3n) is 2.10. The molecule has 78 valence electrons. The highest BCUT2D eigenvalue weighted by Crippen LogP contribution is 2.20. The fraction of sp³-hybridized carbons (Fsp3) is 0.273. The van der Waals surface area contributed by atoms with Gasteiger partial charge in [-0.3, -0.25) is 0 Å². The average molecular weight is 203 g/mol. The van der Waals surface area contributed by atoms with Crippen molar-refractivity contribution in [1.82, 2.24) is 10.2 Å². The Balaban J connectivity index is 2.37. The monoisotopic (exact) mass is 203 g/mol. The van der Waals surface area contributed by atoms with E-state index in [9.17, 15) is 0 Å². The maximum Gasteiger partial charge on any atom is 0.247 e. The van der Waals surface area contributed by atoms with Crippen molar-refractivity contribution >= 4 is 0 Å². The summed E-state index contributed by atoms with van der Waals surface area (Å²) in [5, 5.41) is 7.83. The Kier molecular flexibility index (Phi) is 2.51. The number of aryl methyl sites for hydroxylation is 1. The van der Waals surface area contributed by atoms with Crippen molar-refractivity contribution in [2.45, 2.75) is 19.9 Å². The van der Waals surface area contributed by atoms with Gasteiger partial charge in [-0.05, 0) is 26.0 Å². The molecule has 0 radical (unpaired) electrons. The first-order valence-electron chi connectivity index (χ1n) is 4.83. The fourth-order valence-corrected chi connectivity index (χ4v) is 1.31. The Labute approximate surface area is 88.1 Å². The Hall–Kier alpha value is -1.68. The summed E-state index contributed by atoms with van der Waals surface area (Å²) in [6, 6.07) is 7.69. The topological polar surface area (TPSA) is 64.9 Å². The summed E-state index contributed by atoms with van der Waals surface area (Å²) in [7, 11) is 0. The molecule has 1 aromatic heterocycles. The summed E-state index contributed by atoms with van der Waals surface area (Å²) in [6.45, 7) is 3.83. The molecule has 2 N–H and O–H groups in total. The van der Waals surface area contributed by atoms with E-state index in [1.54, 1.807) is 0 Å². The third-order valence-corrected chi connectivity index (χ3v) is 2.10. The lowest BCUT2D eigenvalue weighted by molar-refractivity contribution is 0.473. The molecule has 2 aromatic rings. The van der Waals surface area contributed by atoms with Gasteiger partial charge in [0.1, 0.15) is 0 Å². The zero-order valence-electron chi connectivity index (χ0n) is 8.77. The van der Waals surface area contributed by atoms with Crippen LogP contribution in [0.3, 0.4) is 0 Å². The lowest BCUT2D eigenvalue weighted by atomic mass is 10.1. The maximum atomic E-state index is 5.64. The number of hydrogen-bond donors (Lipinski definition) is 1. The van der Waals surface area contributed by atoms with E-state index >= 15 is 0 Å². The van der Waals surface area contributed by atoms with E-state index < -0.39 is 0 Å². The van der Waals surface area contributed by atoms with E-state index in [-0.39, 0.29) is 6.04 Å². The van der Waals surface area contributed by atoms with Gasteiger partial charge < -0.3 is 10.2 Å². The van der Waals surface area contributed by atoms with Crippen LogP contribution >= 0.6 is 0 Å². The van der Waals surface area contributed by atoms with E-state index in [1.807, 2.05) is 38.1 Å². The Morgan fingerprint density at radius 1 is 1.33 bits per heavy atom. The first-order valence-corrected chi connectivity index (χ1v) is 4.83. The zero-order valence-corrected chi connectivity index (χ0v) is 8.77. The molecule has 1 aromatic carbocycles. The summed E-state index contributed by atoms with van der Waals surface area (Å²) in [6.07, 6.45) is 0. The molecule has 0 aliphatic heterocycles. The molecule has 0 spiro atoms. The van der Waals surface area contributed by atoms with Crippen LogP contribution in [0.2, 0.25) is 0 Å². The second kappa shape index (κ2) is 3.82. The van der Waals surface area contributed by atoms with Gasteiger partial charge in [-0.15, -0.1) is 10.2 Å². The molecule has 0 fully saturated rings. The number of nitrogens with two attached hydrogens (primary N) is 1. The molecule has 1 atom stereocenters. The van der Waals surface area contributed by atoms with Crippen LogP contribution in [-0.4, -0.2) is 10.2 Å². The Morgan fingerprint density at radius 3 is 2.73 bits per heavy atom. The Bertz CT molecular complexity index is 462. The molecule has 0 saturated carbocycles. The highest BCUT2D eigenvalue weighted by Gasteiger charge is 2.11. The van der Waals surface area contributed by atoms with E-state index in [1.165, 1.54) is 0 Å². The van der Waals surface area contributed by atoms with Gasteiger partial charge in [0.25, 0.3) is 0 Å². The summed E-state index contributed by atoms with van der Waals surface area (Å²) < 4.78 is 5.44. The van der Waals surface area contributed by atoms with Crippen LogP contribution in [0.5, 0.6) is 0 Å². The van der Waals surface area contributed by atoms with Gasteiger partial charge >= 0.3 is 0 Å². The zero-order chi connectivity index (χ0) is 10.8. The van der Waals surface area contributed by atoms with Gasteiger partial charge in [-0.25, -0.2) is 0 Å². The molecule has 0 bridgehead atoms. The first kappa shape index (κ1) is 9.86. The lowest BCUT2D eigenvalue weighted by Crippen LogP contribution is -2.04. The summed E-state index contributed by atoms with van der Waals surface area (Å²) in [5.41, 5.74) is 7.72. The lowest BCUT2D eigenvalue weighted by Gasteiger charge is -1.97. The van der Waals surface area contributed by atoms with Crippen LogP contribution in [0.25, 0.3) is 11.5 Å². The van der Waals surface area contributed by atoms with Crippen molar-refractivity contribution < 1.29 is 4.42 Å². The fourth-order valence-electron chi connectivity index (χ4n) is 1.31. The van der Waals surface area contributed by atoms with Gasteiger partial charge in [0.15, 0.2) is 0 Å². The van der Waals surface area contributed by atoms with Crippen LogP contribution in [0.4, 0.5) is 0 Å². The minimum absolute atomic E-state index is 0.226. The van der Waals surface area contributed by atoms with Crippen molar-refractivity contribution in [3.05, 3.63) is 35.7 Å². The highest BCUT2D eigenvalue weighted by atomic mass is 16.4. The van der Waals surface area contributed by atoms with E-state index in [0.717, 1.165) is 11.1 Å². The Morgan fingerprint density at radius 2 is 2.13 bits per heavy atom. The summed E-state index contributed by atoms with van der Waals surface area (Å²) in [5.74, 6) is 0.984. The highest BCUT2D eigenvalue weighted by molar-refractivity contribution is 5.53. The van der Waals surface area contributed by atoms with E-state index in [0.29, 0.717) is 11.8 Å². The second-order valence-electron chi connectivity index (χ2n) is 3.60. The minimum Gasteiger partial charge on any atom is -0.419 e. The van der Waals surface area contributed by atoms with Gasteiger partial charge in [0, 0.05) is 5.56 Å². The van der Waals surface area contributed by atoms with Crippen molar-refractivity contribution in [3.63, 3.8) is 0 Å². The smallest absolute Gasteiger partial charge is 0.247 e. The van der Waals surface area contributed by atoms with Crippen LogP contribution < -0.4 is 5.73 Å². The minimum atomic E-state index is -0.226. The van der Waals surface area contributed by atoms with Gasteiger partial charge in [-0.2, -0.15) is 0 Å². The summed E-state index contributed by atoms with van der Waals surface area (Å²) in [4.78, 5) is 0. The third kappa shape index (κ3) is 2.05. The average Bonchev–Trinajstić information content (AvgIpc) is 2.66. The standard InChI is InChI=1S/C11H13N3O/c1-7-4-3-5-9(6-7)11-14-13-10(15-11)8(2)12/h3-6,8H,12H2,1-2H3. The number of aromatic nitrogens is 2. The molecule has 0 aliphatic rings. The first-order chi connectivity index (χ1) is 7.16. The van der Waals surface area contributed by atoms with Crippen molar-refractivity contribution in [2.75, 3.05) is 0 Å². The van der Waals surface area contributed by atoms with Crippen LogP contribution in [0, 0.1) is 6.92 Å². The largest absolute Gasteiger partial charge is 0.419 e. The van der Waals surface area contributed by atoms with Crippen LogP contribution in [0.15, 0.2) is 28.7 Å². The SMILES string of the molecule is Cc1cccc(-c2nnc(C(C)N)o2)c1. The number of nitrogens with zero attached hydrogens (tertiary/aromatic N) is 2. The van der Waals surface area contributed by atoms with Gasteiger partial charge in [0.05, 0.1) is 6.04 Å². The molecule has 0 aliphatic carbocycles. The predicted octanol–water partition coefficient (Wildman–Crippen LogP) is 2.06. The second-order valence-corrected chi connectivity index (χ2v) is 3.60. The molecule has 4 heteroatoms. The molecule has 0 amide bonds. The molecule has 1 heterocycles. The number of benzene rings is 1. The maximum absolute atomic E-state index is 5.64. The summed E-state index contributed by atoms with van der Waals surface area (Å²) >= 11 is 0. The molecule has 4 nitrogen and oxygen atoms in total.